The van der Waals surface area contributed by atoms with E-state index in [1.165, 1.54) is 24.5 Å². The van der Waals surface area contributed by atoms with Crippen molar-refractivity contribution in [2.45, 2.75) is 17.9 Å². The molecule has 1 atom stereocenters. The lowest BCUT2D eigenvalue weighted by molar-refractivity contribution is 0.553. The first-order valence-corrected chi connectivity index (χ1v) is 7.58. The molecule has 2 aromatic rings. The van der Waals surface area contributed by atoms with Crippen molar-refractivity contribution in [3.63, 3.8) is 0 Å². The Morgan fingerprint density at radius 2 is 2.15 bits per heavy atom. The van der Waals surface area contributed by atoms with Gasteiger partial charge in [-0.15, -0.1) is 10.2 Å². The molecule has 0 bridgehead atoms. The largest absolute Gasteiger partial charge is 0.398 e. The Balaban J connectivity index is 2.32. The number of sulfonamides is 1. The van der Waals surface area contributed by atoms with Gasteiger partial charge in [0.05, 0.1) is 11.7 Å². The van der Waals surface area contributed by atoms with Gasteiger partial charge in [-0.3, -0.25) is 0 Å². The minimum Gasteiger partial charge on any atom is -0.398 e. The summed E-state index contributed by atoms with van der Waals surface area (Å²) in [4.78, 5) is -0.0565. The molecule has 20 heavy (non-hydrogen) atoms. The fourth-order valence-electron chi connectivity index (χ4n) is 1.77. The van der Waals surface area contributed by atoms with E-state index >= 15 is 0 Å². The molecule has 0 aliphatic carbocycles. The summed E-state index contributed by atoms with van der Waals surface area (Å²) in [5, 5.41) is 7.87. The highest BCUT2D eigenvalue weighted by molar-refractivity contribution is 7.89. The van der Waals surface area contributed by atoms with E-state index in [0.717, 1.165) is 0 Å². The summed E-state index contributed by atoms with van der Waals surface area (Å²) in [7, 11) is -2.07. The number of nitrogens with zero attached hydrogens (tertiary/aromatic N) is 3. The number of hydrogen-bond donors (Lipinski definition) is 2. The van der Waals surface area contributed by atoms with Gasteiger partial charge in [-0.1, -0.05) is 11.6 Å². The monoisotopic (exact) mass is 315 g/mol. The summed E-state index contributed by atoms with van der Waals surface area (Å²) in [6, 6.07) is 3.74. The lowest BCUT2D eigenvalue weighted by atomic mass is 10.3. The van der Waals surface area contributed by atoms with Gasteiger partial charge >= 0.3 is 0 Å². The third kappa shape index (κ3) is 2.92. The van der Waals surface area contributed by atoms with Gasteiger partial charge in [0.1, 0.15) is 17.0 Å². The van der Waals surface area contributed by atoms with Crippen LogP contribution in [0.5, 0.6) is 0 Å². The van der Waals surface area contributed by atoms with Crippen molar-refractivity contribution in [2.24, 2.45) is 7.05 Å². The van der Waals surface area contributed by atoms with Crippen LogP contribution in [0.3, 0.4) is 0 Å². The van der Waals surface area contributed by atoms with E-state index in [1.54, 1.807) is 18.5 Å². The van der Waals surface area contributed by atoms with Crippen molar-refractivity contribution >= 4 is 27.3 Å². The van der Waals surface area contributed by atoms with Crippen LogP contribution < -0.4 is 10.5 Å². The zero-order valence-corrected chi connectivity index (χ0v) is 12.5. The first kappa shape index (κ1) is 14.8. The second kappa shape index (κ2) is 5.39. The molecule has 0 aliphatic rings. The fourth-order valence-corrected chi connectivity index (χ4v) is 3.37. The van der Waals surface area contributed by atoms with Gasteiger partial charge in [-0.2, -0.15) is 0 Å². The van der Waals surface area contributed by atoms with E-state index in [4.69, 9.17) is 17.3 Å². The van der Waals surface area contributed by atoms with Crippen LogP contribution in [0.1, 0.15) is 18.8 Å². The zero-order valence-electron chi connectivity index (χ0n) is 10.9. The van der Waals surface area contributed by atoms with Crippen molar-refractivity contribution in [2.75, 3.05) is 5.73 Å². The molecule has 1 heterocycles. The number of anilines is 1. The van der Waals surface area contributed by atoms with Crippen LogP contribution in [0.4, 0.5) is 5.69 Å². The molecular formula is C11H14ClN5O2S. The molecule has 0 spiro atoms. The molecule has 3 N–H and O–H groups in total. The number of nitrogens with two attached hydrogens (primary N) is 1. The maximum atomic E-state index is 12.3. The van der Waals surface area contributed by atoms with Crippen LogP contribution >= 0.6 is 11.6 Å². The van der Waals surface area contributed by atoms with E-state index < -0.39 is 16.1 Å². The number of aryl methyl sites for hydroxylation is 1. The lowest BCUT2D eigenvalue weighted by Gasteiger charge is -2.14. The number of nitrogen functional groups attached to an aromatic ring is 1. The second-order valence-corrected chi connectivity index (χ2v) is 6.44. The van der Waals surface area contributed by atoms with Crippen LogP contribution in [0.15, 0.2) is 29.4 Å². The lowest BCUT2D eigenvalue weighted by Crippen LogP contribution is -2.29. The Kier molecular flexibility index (Phi) is 3.98. The maximum absolute atomic E-state index is 12.3. The molecule has 108 valence electrons. The Morgan fingerprint density at radius 3 is 2.75 bits per heavy atom. The van der Waals surface area contributed by atoms with Gasteiger partial charge in [-0.05, 0) is 25.1 Å². The summed E-state index contributed by atoms with van der Waals surface area (Å²) in [6.07, 6.45) is 1.49. The van der Waals surface area contributed by atoms with Gasteiger partial charge in [0.2, 0.25) is 10.0 Å². The van der Waals surface area contributed by atoms with Crippen molar-refractivity contribution in [1.29, 1.82) is 0 Å². The summed E-state index contributed by atoms with van der Waals surface area (Å²) in [5.74, 6) is 0.495. The molecule has 0 saturated heterocycles. The maximum Gasteiger partial charge on any atom is 0.243 e. The molecule has 7 nitrogen and oxygen atoms in total. The predicted molar refractivity (Wildman–Crippen MR) is 75.6 cm³/mol. The molecule has 0 fully saturated rings. The fraction of sp³-hybridized carbons (Fsp3) is 0.273. The third-order valence-corrected chi connectivity index (χ3v) is 4.56. The van der Waals surface area contributed by atoms with Crippen LogP contribution in [0.2, 0.25) is 5.02 Å². The zero-order chi connectivity index (χ0) is 14.9. The molecule has 2 rings (SSSR count). The Hall–Kier alpha value is -1.64. The summed E-state index contributed by atoms with van der Waals surface area (Å²) in [5.41, 5.74) is 5.82. The molecule has 0 radical (unpaired) electrons. The minimum atomic E-state index is -3.80. The predicted octanol–water partition coefficient (Wildman–Crippen LogP) is 1.09. The van der Waals surface area contributed by atoms with Crippen LogP contribution in [0.25, 0.3) is 0 Å². The van der Waals surface area contributed by atoms with E-state index in [0.29, 0.717) is 10.8 Å². The number of nitrogens with one attached hydrogen (secondary N) is 1. The van der Waals surface area contributed by atoms with Gasteiger partial charge in [0, 0.05) is 12.1 Å². The van der Waals surface area contributed by atoms with Crippen LogP contribution in [0, 0.1) is 0 Å². The average molecular weight is 316 g/mol. The molecule has 0 saturated carbocycles. The normalized spacial score (nSPS) is 13.3. The summed E-state index contributed by atoms with van der Waals surface area (Å²) < 4.78 is 28.8. The van der Waals surface area contributed by atoms with Crippen LogP contribution in [-0.2, 0) is 17.1 Å². The van der Waals surface area contributed by atoms with Gasteiger partial charge < -0.3 is 10.3 Å². The number of hydrogen-bond acceptors (Lipinski definition) is 5. The highest BCUT2D eigenvalue weighted by atomic mass is 35.5. The quantitative estimate of drug-likeness (QED) is 0.822. The summed E-state index contributed by atoms with van der Waals surface area (Å²) >= 11 is 5.81. The third-order valence-electron chi connectivity index (χ3n) is 2.73. The first-order valence-electron chi connectivity index (χ1n) is 5.72. The summed E-state index contributed by atoms with van der Waals surface area (Å²) in [6.45, 7) is 1.67. The highest BCUT2D eigenvalue weighted by Gasteiger charge is 2.23. The van der Waals surface area contributed by atoms with Crippen molar-refractivity contribution in [3.05, 3.63) is 35.4 Å². The van der Waals surface area contributed by atoms with Crippen molar-refractivity contribution in [3.8, 4) is 0 Å². The van der Waals surface area contributed by atoms with Gasteiger partial charge in [0.25, 0.3) is 0 Å². The molecule has 0 amide bonds. The topological polar surface area (TPSA) is 103 Å². The SMILES string of the molecule is CC(NS(=O)(=O)c1cc(Cl)ccc1N)c1nncn1C. The highest BCUT2D eigenvalue weighted by Crippen LogP contribution is 2.24. The average Bonchev–Trinajstić information content (AvgIpc) is 2.78. The minimum absolute atomic E-state index is 0.0565. The number of rotatable bonds is 4. The van der Waals surface area contributed by atoms with E-state index in [2.05, 4.69) is 14.9 Å². The molecule has 1 aromatic carbocycles. The molecule has 0 aliphatic heterocycles. The molecule has 1 unspecified atom stereocenters. The van der Waals surface area contributed by atoms with Crippen LogP contribution in [-0.4, -0.2) is 23.2 Å². The Bertz CT molecular complexity index is 728. The van der Waals surface area contributed by atoms with E-state index in [1.807, 2.05) is 0 Å². The molecular weight excluding hydrogens is 302 g/mol. The molecule has 9 heteroatoms. The molecule has 1 aromatic heterocycles. The van der Waals surface area contributed by atoms with Gasteiger partial charge in [0.15, 0.2) is 0 Å². The van der Waals surface area contributed by atoms with Crippen molar-refractivity contribution < 1.29 is 8.42 Å². The Labute approximate surface area is 121 Å². The van der Waals surface area contributed by atoms with E-state index in [9.17, 15) is 8.42 Å². The van der Waals surface area contributed by atoms with Gasteiger partial charge in [-0.25, -0.2) is 13.1 Å². The standard InChI is InChI=1S/C11H14ClN5O2S/c1-7(11-15-14-6-17(11)2)16-20(18,19)10-5-8(12)3-4-9(10)13/h3-7,16H,13H2,1-2H3. The Morgan fingerprint density at radius 1 is 1.45 bits per heavy atom. The smallest absolute Gasteiger partial charge is 0.243 e. The van der Waals surface area contributed by atoms with Crippen molar-refractivity contribution in [1.82, 2.24) is 19.5 Å². The number of aromatic nitrogens is 3. The number of benzene rings is 1. The van der Waals surface area contributed by atoms with E-state index in [-0.39, 0.29) is 10.6 Å². The first-order chi connectivity index (χ1) is 9.31. The second-order valence-electron chi connectivity index (χ2n) is 4.33. The number of halogens is 1.